The molecule has 0 aliphatic carbocycles. The molecule has 122 valence electrons. The standard InChI is InChI=1S/C18H14F2N2O2/c1-2-24-13-5-3-4-11(8-13)9-16-18(23)22-17(21-16)12-6-7-14(19)15(20)10-12/h3-10H,2H2,1H3,(H,21,22,23)/b16-9+. The Bertz CT molecular complexity index is 860. The van der Waals surface area contributed by atoms with Gasteiger partial charge in [-0.3, -0.25) is 4.79 Å². The second-order valence-electron chi connectivity index (χ2n) is 5.08. The molecular weight excluding hydrogens is 314 g/mol. The lowest BCUT2D eigenvalue weighted by Crippen LogP contribution is -2.24. The first-order chi connectivity index (χ1) is 11.6. The van der Waals surface area contributed by atoms with Gasteiger partial charge in [0.2, 0.25) is 0 Å². The Morgan fingerprint density at radius 3 is 2.75 bits per heavy atom. The van der Waals surface area contributed by atoms with Gasteiger partial charge in [0, 0.05) is 5.56 Å². The van der Waals surface area contributed by atoms with Crippen LogP contribution in [0.15, 0.2) is 53.2 Å². The van der Waals surface area contributed by atoms with Crippen molar-refractivity contribution >= 4 is 17.8 Å². The molecule has 24 heavy (non-hydrogen) atoms. The summed E-state index contributed by atoms with van der Waals surface area (Å²) in [6.07, 6.45) is 1.60. The lowest BCUT2D eigenvalue weighted by atomic mass is 10.2. The van der Waals surface area contributed by atoms with Crippen LogP contribution in [-0.4, -0.2) is 18.3 Å². The number of nitrogens with zero attached hydrogens (tertiary/aromatic N) is 1. The van der Waals surface area contributed by atoms with Crippen molar-refractivity contribution in [2.24, 2.45) is 4.99 Å². The van der Waals surface area contributed by atoms with Crippen LogP contribution in [0.5, 0.6) is 5.75 Å². The zero-order valence-corrected chi connectivity index (χ0v) is 12.8. The lowest BCUT2D eigenvalue weighted by Gasteiger charge is -2.03. The Balaban J connectivity index is 1.91. The van der Waals surface area contributed by atoms with Gasteiger partial charge in [-0.2, -0.15) is 0 Å². The van der Waals surface area contributed by atoms with Crippen LogP contribution >= 0.6 is 0 Å². The summed E-state index contributed by atoms with van der Waals surface area (Å²) in [6, 6.07) is 10.6. The van der Waals surface area contributed by atoms with Gasteiger partial charge in [-0.1, -0.05) is 12.1 Å². The molecule has 0 saturated carbocycles. The molecule has 0 atom stereocenters. The third kappa shape index (κ3) is 3.32. The minimum Gasteiger partial charge on any atom is -0.494 e. The molecule has 3 rings (SSSR count). The monoisotopic (exact) mass is 328 g/mol. The number of hydrogen-bond donors (Lipinski definition) is 1. The molecule has 0 unspecified atom stereocenters. The second kappa shape index (κ2) is 6.62. The van der Waals surface area contributed by atoms with Crippen LogP contribution in [0.25, 0.3) is 6.08 Å². The van der Waals surface area contributed by atoms with Crippen molar-refractivity contribution in [3.8, 4) is 5.75 Å². The molecule has 4 nitrogen and oxygen atoms in total. The molecule has 2 aromatic carbocycles. The summed E-state index contributed by atoms with van der Waals surface area (Å²) < 4.78 is 31.7. The fourth-order valence-corrected chi connectivity index (χ4v) is 2.27. The zero-order valence-electron chi connectivity index (χ0n) is 12.8. The first kappa shape index (κ1) is 15.9. The molecule has 1 N–H and O–H groups in total. The Hall–Kier alpha value is -3.02. The first-order valence-electron chi connectivity index (χ1n) is 7.37. The van der Waals surface area contributed by atoms with E-state index in [0.717, 1.165) is 17.7 Å². The predicted molar refractivity (Wildman–Crippen MR) is 86.6 cm³/mol. The van der Waals surface area contributed by atoms with Gasteiger partial charge in [0.15, 0.2) is 11.6 Å². The van der Waals surface area contributed by atoms with Crippen LogP contribution in [-0.2, 0) is 4.79 Å². The molecule has 0 saturated heterocycles. The number of benzene rings is 2. The molecule has 1 amide bonds. The molecule has 0 radical (unpaired) electrons. The van der Waals surface area contributed by atoms with E-state index in [0.29, 0.717) is 17.9 Å². The van der Waals surface area contributed by atoms with E-state index in [1.807, 2.05) is 25.1 Å². The van der Waals surface area contributed by atoms with E-state index < -0.39 is 17.5 Å². The summed E-state index contributed by atoms with van der Waals surface area (Å²) >= 11 is 0. The highest BCUT2D eigenvalue weighted by Crippen LogP contribution is 2.19. The number of carbonyl (C=O) groups is 1. The van der Waals surface area contributed by atoms with Crippen molar-refractivity contribution in [3.63, 3.8) is 0 Å². The summed E-state index contributed by atoms with van der Waals surface area (Å²) in [5.41, 5.74) is 1.23. The fourth-order valence-electron chi connectivity index (χ4n) is 2.27. The maximum Gasteiger partial charge on any atom is 0.275 e. The molecule has 0 spiro atoms. The smallest absolute Gasteiger partial charge is 0.275 e. The van der Waals surface area contributed by atoms with Crippen LogP contribution in [0.2, 0.25) is 0 Å². The summed E-state index contributed by atoms with van der Waals surface area (Å²) in [4.78, 5) is 16.2. The predicted octanol–water partition coefficient (Wildman–Crippen LogP) is 3.28. The van der Waals surface area contributed by atoms with Crippen molar-refractivity contribution in [2.45, 2.75) is 6.92 Å². The van der Waals surface area contributed by atoms with Gasteiger partial charge in [-0.15, -0.1) is 0 Å². The van der Waals surface area contributed by atoms with Crippen molar-refractivity contribution in [2.75, 3.05) is 6.61 Å². The van der Waals surface area contributed by atoms with E-state index in [4.69, 9.17) is 4.74 Å². The molecule has 6 heteroatoms. The van der Waals surface area contributed by atoms with E-state index in [1.54, 1.807) is 12.1 Å². The molecular formula is C18H14F2N2O2. The van der Waals surface area contributed by atoms with E-state index >= 15 is 0 Å². The Morgan fingerprint density at radius 2 is 2.00 bits per heavy atom. The van der Waals surface area contributed by atoms with Gasteiger partial charge >= 0.3 is 0 Å². The molecule has 0 aromatic heterocycles. The highest BCUT2D eigenvalue weighted by atomic mass is 19.2. The lowest BCUT2D eigenvalue weighted by molar-refractivity contribution is -0.115. The highest BCUT2D eigenvalue weighted by Gasteiger charge is 2.21. The fraction of sp³-hybridized carbons (Fsp3) is 0.111. The average molecular weight is 328 g/mol. The van der Waals surface area contributed by atoms with Gasteiger partial charge in [-0.25, -0.2) is 13.8 Å². The van der Waals surface area contributed by atoms with Crippen LogP contribution in [0, 0.1) is 11.6 Å². The summed E-state index contributed by atoms with van der Waals surface area (Å²) in [7, 11) is 0. The van der Waals surface area contributed by atoms with E-state index in [2.05, 4.69) is 10.3 Å². The van der Waals surface area contributed by atoms with Gasteiger partial charge in [0.1, 0.15) is 17.3 Å². The molecule has 1 aliphatic heterocycles. The number of nitrogens with one attached hydrogen (secondary N) is 1. The number of aliphatic imine (C=N–C) groups is 1. The van der Waals surface area contributed by atoms with Gasteiger partial charge in [-0.05, 0) is 48.9 Å². The number of amides is 1. The summed E-state index contributed by atoms with van der Waals surface area (Å²) in [5, 5.41) is 2.55. The average Bonchev–Trinajstić information content (AvgIpc) is 2.92. The van der Waals surface area contributed by atoms with E-state index in [1.165, 1.54) is 6.07 Å². The van der Waals surface area contributed by atoms with Crippen LogP contribution in [0.1, 0.15) is 18.1 Å². The normalized spacial score (nSPS) is 15.4. The SMILES string of the molecule is CCOc1cccc(/C=C2/N=C(c3ccc(F)c(F)c3)NC2=O)c1. The Labute approximate surface area is 137 Å². The number of hydrogen-bond acceptors (Lipinski definition) is 3. The van der Waals surface area contributed by atoms with Crippen molar-refractivity contribution in [1.29, 1.82) is 0 Å². The summed E-state index contributed by atoms with van der Waals surface area (Å²) in [6.45, 7) is 2.42. The largest absolute Gasteiger partial charge is 0.494 e. The third-order valence-electron chi connectivity index (χ3n) is 3.36. The molecule has 0 bridgehead atoms. The first-order valence-corrected chi connectivity index (χ1v) is 7.37. The van der Waals surface area contributed by atoms with Crippen LogP contribution < -0.4 is 10.1 Å². The zero-order chi connectivity index (χ0) is 17.1. The van der Waals surface area contributed by atoms with E-state index in [-0.39, 0.29) is 11.5 Å². The van der Waals surface area contributed by atoms with Gasteiger partial charge in [0.25, 0.3) is 5.91 Å². The van der Waals surface area contributed by atoms with Crippen molar-refractivity contribution in [3.05, 3.63) is 70.9 Å². The molecule has 1 aliphatic rings. The number of halogens is 2. The number of carbonyl (C=O) groups excluding carboxylic acids is 1. The van der Waals surface area contributed by atoms with Crippen LogP contribution in [0.4, 0.5) is 8.78 Å². The van der Waals surface area contributed by atoms with Crippen LogP contribution in [0.3, 0.4) is 0 Å². The number of rotatable bonds is 4. The second-order valence-corrected chi connectivity index (χ2v) is 5.08. The maximum atomic E-state index is 13.3. The maximum absolute atomic E-state index is 13.3. The quantitative estimate of drug-likeness (QED) is 0.876. The third-order valence-corrected chi connectivity index (χ3v) is 3.36. The van der Waals surface area contributed by atoms with E-state index in [9.17, 15) is 13.6 Å². The van der Waals surface area contributed by atoms with Gasteiger partial charge in [0.05, 0.1) is 6.61 Å². The van der Waals surface area contributed by atoms with Crippen molar-refractivity contribution in [1.82, 2.24) is 5.32 Å². The molecule has 1 heterocycles. The summed E-state index contributed by atoms with van der Waals surface area (Å²) in [5.74, 6) is -1.48. The number of ether oxygens (including phenoxy) is 1. The highest BCUT2D eigenvalue weighted by molar-refractivity contribution is 6.19. The molecule has 2 aromatic rings. The minimum atomic E-state index is -0.994. The minimum absolute atomic E-state index is 0.184. The molecule has 0 fully saturated rings. The topological polar surface area (TPSA) is 50.7 Å². The Kier molecular flexibility index (Phi) is 4.37. The van der Waals surface area contributed by atoms with Gasteiger partial charge < -0.3 is 10.1 Å². The Morgan fingerprint density at radius 1 is 1.17 bits per heavy atom. The number of amidine groups is 1. The van der Waals surface area contributed by atoms with Crippen molar-refractivity contribution < 1.29 is 18.3 Å².